The van der Waals surface area contributed by atoms with E-state index in [0.29, 0.717) is 11.3 Å². The quantitative estimate of drug-likeness (QED) is 0.641. The Kier molecular flexibility index (Phi) is 4.46. The molecule has 106 valence electrons. The minimum absolute atomic E-state index is 0.109. The summed E-state index contributed by atoms with van der Waals surface area (Å²) in [5.74, 6) is -2.61. The number of ether oxygens (including phenoxy) is 2. The van der Waals surface area contributed by atoms with Crippen LogP contribution in [0, 0.1) is 23.0 Å². The van der Waals surface area contributed by atoms with Gasteiger partial charge in [-0.05, 0) is 36.4 Å². The molecule has 0 spiro atoms. The molecule has 0 aliphatic heterocycles. The molecule has 0 aliphatic carbocycles. The fourth-order valence-electron chi connectivity index (χ4n) is 1.47. The van der Waals surface area contributed by atoms with Crippen molar-refractivity contribution in [2.45, 2.75) is 0 Å². The smallest absolute Gasteiger partial charge is 0.349 e. The normalized spacial score (nSPS) is 9.76. The van der Waals surface area contributed by atoms with Crippen LogP contribution in [0.25, 0.3) is 0 Å². The topological polar surface area (TPSA) is 59.3 Å². The van der Waals surface area contributed by atoms with E-state index in [1.54, 1.807) is 0 Å². The molecule has 4 nitrogen and oxygen atoms in total. The van der Waals surface area contributed by atoms with Crippen molar-refractivity contribution in [3.8, 4) is 17.6 Å². The van der Waals surface area contributed by atoms with E-state index < -0.39 is 24.2 Å². The van der Waals surface area contributed by atoms with E-state index in [4.69, 9.17) is 14.7 Å². The number of halogens is 2. The Morgan fingerprint density at radius 1 is 1.05 bits per heavy atom. The molecular weight excluding hydrogens is 280 g/mol. The summed E-state index contributed by atoms with van der Waals surface area (Å²) in [6.45, 7) is -0.398. The van der Waals surface area contributed by atoms with Crippen molar-refractivity contribution in [3.63, 3.8) is 0 Å². The highest BCUT2D eigenvalue weighted by atomic mass is 19.2. The molecule has 0 N–H and O–H groups in total. The third-order valence-corrected chi connectivity index (χ3v) is 2.46. The predicted octanol–water partition coefficient (Wildman–Crippen LogP) is 2.82. The van der Waals surface area contributed by atoms with Gasteiger partial charge in [0, 0.05) is 6.07 Å². The van der Waals surface area contributed by atoms with Gasteiger partial charge in [-0.3, -0.25) is 0 Å². The first kappa shape index (κ1) is 14.5. The highest BCUT2D eigenvalue weighted by Crippen LogP contribution is 2.16. The van der Waals surface area contributed by atoms with Gasteiger partial charge in [0.15, 0.2) is 18.2 Å². The fourth-order valence-corrected chi connectivity index (χ4v) is 1.47. The number of benzene rings is 2. The maximum atomic E-state index is 12.9. The molecule has 2 aromatic rings. The first-order valence-electron chi connectivity index (χ1n) is 5.87. The van der Waals surface area contributed by atoms with Crippen LogP contribution in [0.2, 0.25) is 0 Å². The van der Waals surface area contributed by atoms with Crippen LogP contribution < -0.4 is 9.47 Å². The van der Waals surface area contributed by atoms with Gasteiger partial charge in [-0.2, -0.15) is 5.26 Å². The summed E-state index contributed by atoms with van der Waals surface area (Å²) in [6, 6.07) is 10.9. The molecule has 0 saturated heterocycles. The summed E-state index contributed by atoms with van der Waals surface area (Å²) in [5.41, 5.74) is 0.465. The largest absolute Gasteiger partial charge is 0.482 e. The number of rotatable bonds is 4. The van der Waals surface area contributed by atoms with Crippen LogP contribution >= 0.6 is 0 Å². The van der Waals surface area contributed by atoms with E-state index in [2.05, 4.69) is 0 Å². The van der Waals surface area contributed by atoms with Crippen molar-refractivity contribution in [3.05, 3.63) is 59.7 Å². The highest BCUT2D eigenvalue weighted by molar-refractivity contribution is 5.73. The molecule has 6 heteroatoms. The number of carbonyl (C=O) groups excluding carboxylic acids is 1. The molecular formula is C15H9F2NO3. The molecule has 0 unspecified atom stereocenters. The van der Waals surface area contributed by atoms with Gasteiger partial charge in [0.2, 0.25) is 0 Å². The third-order valence-electron chi connectivity index (χ3n) is 2.46. The zero-order valence-corrected chi connectivity index (χ0v) is 10.7. The molecule has 0 fully saturated rings. The van der Waals surface area contributed by atoms with Crippen LogP contribution in [0.1, 0.15) is 5.56 Å². The van der Waals surface area contributed by atoms with E-state index in [9.17, 15) is 13.6 Å². The van der Waals surface area contributed by atoms with Gasteiger partial charge in [-0.25, -0.2) is 13.6 Å². The SMILES string of the molecule is N#Cc1ccc(OCC(=O)Oc2ccc(F)c(F)c2)cc1. The van der Waals surface area contributed by atoms with Crippen molar-refractivity contribution in [1.82, 2.24) is 0 Å². The van der Waals surface area contributed by atoms with Crippen molar-refractivity contribution in [2.24, 2.45) is 0 Å². The Labute approximate surface area is 119 Å². The molecule has 0 saturated carbocycles. The summed E-state index contributed by atoms with van der Waals surface area (Å²) in [7, 11) is 0. The Balaban J connectivity index is 1.89. The van der Waals surface area contributed by atoms with Crippen LogP contribution in [0.4, 0.5) is 8.78 Å². The van der Waals surface area contributed by atoms with Gasteiger partial charge in [0.05, 0.1) is 11.6 Å². The molecule has 0 bridgehead atoms. The minimum Gasteiger partial charge on any atom is -0.482 e. The third kappa shape index (κ3) is 4.01. The molecule has 21 heavy (non-hydrogen) atoms. The van der Waals surface area contributed by atoms with Crippen LogP contribution in [-0.4, -0.2) is 12.6 Å². The van der Waals surface area contributed by atoms with Crippen molar-refractivity contribution in [2.75, 3.05) is 6.61 Å². The summed E-state index contributed by atoms with van der Waals surface area (Å²) in [4.78, 5) is 11.5. The minimum atomic E-state index is -1.10. The zero-order chi connectivity index (χ0) is 15.2. The lowest BCUT2D eigenvalue weighted by atomic mass is 10.2. The van der Waals surface area contributed by atoms with Crippen molar-refractivity contribution in [1.29, 1.82) is 5.26 Å². The second-order valence-electron chi connectivity index (χ2n) is 3.97. The second kappa shape index (κ2) is 6.48. The van der Waals surface area contributed by atoms with Gasteiger partial charge < -0.3 is 9.47 Å². The van der Waals surface area contributed by atoms with E-state index in [0.717, 1.165) is 18.2 Å². The molecule has 2 rings (SSSR count). The average Bonchev–Trinajstić information content (AvgIpc) is 2.49. The summed E-state index contributed by atoms with van der Waals surface area (Å²) in [5, 5.41) is 8.63. The van der Waals surface area contributed by atoms with Gasteiger partial charge in [-0.1, -0.05) is 0 Å². The molecule has 2 aromatic carbocycles. The first-order valence-corrected chi connectivity index (χ1v) is 5.87. The number of nitriles is 1. The summed E-state index contributed by atoms with van der Waals surface area (Å²) < 4.78 is 35.6. The van der Waals surface area contributed by atoms with E-state index in [-0.39, 0.29) is 5.75 Å². The van der Waals surface area contributed by atoms with Crippen molar-refractivity contribution >= 4 is 5.97 Å². The number of nitrogens with zero attached hydrogens (tertiary/aromatic N) is 1. The number of hydrogen-bond donors (Lipinski definition) is 0. The molecule has 0 radical (unpaired) electrons. The van der Waals surface area contributed by atoms with E-state index in [1.807, 2.05) is 6.07 Å². The highest BCUT2D eigenvalue weighted by Gasteiger charge is 2.09. The van der Waals surface area contributed by atoms with Crippen LogP contribution in [-0.2, 0) is 4.79 Å². The molecule has 0 heterocycles. The van der Waals surface area contributed by atoms with Crippen LogP contribution in [0.5, 0.6) is 11.5 Å². The zero-order valence-electron chi connectivity index (χ0n) is 10.7. The Morgan fingerprint density at radius 3 is 2.33 bits per heavy atom. The molecule has 0 amide bonds. The molecule has 0 aliphatic rings. The number of hydrogen-bond acceptors (Lipinski definition) is 4. The number of esters is 1. The number of carbonyl (C=O) groups is 1. The van der Waals surface area contributed by atoms with Gasteiger partial charge >= 0.3 is 5.97 Å². The first-order chi connectivity index (χ1) is 10.1. The monoisotopic (exact) mass is 289 g/mol. The van der Waals surface area contributed by atoms with E-state index in [1.165, 1.54) is 24.3 Å². The standard InChI is InChI=1S/C15H9F2NO3/c16-13-6-5-12(7-14(13)17)21-15(19)9-20-11-3-1-10(8-18)2-4-11/h1-7H,9H2. The van der Waals surface area contributed by atoms with Gasteiger partial charge in [-0.15, -0.1) is 0 Å². The van der Waals surface area contributed by atoms with Gasteiger partial charge in [0.1, 0.15) is 11.5 Å². The molecule has 0 aromatic heterocycles. The molecule has 0 atom stereocenters. The maximum absolute atomic E-state index is 12.9. The summed E-state index contributed by atoms with van der Waals surface area (Å²) >= 11 is 0. The van der Waals surface area contributed by atoms with Crippen molar-refractivity contribution < 1.29 is 23.0 Å². The summed E-state index contributed by atoms with van der Waals surface area (Å²) in [6.07, 6.45) is 0. The lowest BCUT2D eigenvalue weighted by molar-refractivity contribution is -0.136. The Bertz CT molecular complexity index is 693. The van der Waals surface area contributed by atoms with Gasteiger partial charge in [0.25, 0.3) is 0 Å². The lowest BCUT2D eigenvalue weighted by Crippen LogP contribution is -2.17. The maximum Gasteiger partial charge on any atom is 0.349 e. The van der Waals surface area contributed by atoms with Crippen LogP contribution in [0.15, 0.2) is 42.5 Å². The van der Waals surface area contributed by atoms with E-state index >= 15 is 0 Å². The average molecular weight is 289 g/mol. The lowest BCUT2D eigenvalue weighted by Gasteiger charge is -2.07. The predicted molar refractivity (Wildman–Crippen MR) is 68.6 cm³/mol. The Hall–Kier alpha value is -2.94. The fraction of sp³-hybridized carbons (Fsp3) is 0.0667. The van der Waals surface area contributed by atoms with Crippen LogP contribution in [0.3, 0.4) is 0 Å². The Morgan fingerprint density at radius 2 is 1.71 bits per heavy atom. The second-order valence-corrected chi connectivity index (χ2v) is 3.97.